The Morgan fingerprint density at radius 2 is 1.90 bits per heavy atom. The first-order valence-corrected chi connectivity index (χ1v) is 10.2. The molecule has 1 atom stereocenters. The molecule has 1 fully saturated rings. The molecule has 1 unspecified atom stereocenters. The Kier molecular flexibility index (Phi) is 6.23. The van der Waals surface area contributed by atoms with Crippen molar-refractivity contribution >= 4 is 5.69 Å². The van der Waals surface area contributed by atoms with Crippen LogP contribution in [-0.4, -0.2) is 26.8 Å². The van der Waals surface area contributed by atoms with Crippen molar-refractivity contribution in [2.45, 2.75) is 44.2 Å². The Morgan fingerprint density at radius 3 is 2.70 bits per heavy atom. The smallest absolute Gasteiger partial charge is 0.178 e. The van der Waals surface area contributed by atoms with Crippen LogP contribution in [0.5, 0.6) is 5.75 Å². The number of halogens is 1. The maximum Gasteiger partial charge on any atom is 0.178 e. The molecule has 0 radical (unpaired) electrons. The van der Waals surface area contributed by atoms with Gasteiger partial charge in [-0.2, -0.15) is 0 Å². The molecule has 2 aromatic carbocycles. The lowest BCUT2D eigenvalue weighted by Crippen LogP contribution is -2.23. The second-order valence-corrected chi connectivity index (χ2v) is 7.36. The molecular formula is C23H24FN5O. The molecule has 7 heteroatoms. The first kappa shape index (κ1) is 19.9. The minimum Gasteiger partial charge on any atom is -0.481 e. The summed E-state index contributed by atoms with van der Waals surface area (Å²) >= 11 is 0. The van der Waals surface area contributed by atoms with Gasteiger partial charge in [0.05, 0.1) is 11.7 Å². The van der Waals surface area contributed by atoms with Crippen LogP contribution >= 0.6 is 0 Å². The van der Waals surface area contributed by atoms with Crippen molar-refractivity contribution in [3.63, 3.8) is 0 Å². The van der Waals surface area contributed by atoms with Gasteiger partial charge in [-0.25, -0.2) is 9.07 Å². The van der Waals surface area contributed by atoms with Gasteiger partial charge in [0.1, 0.15) is 24.2 Å². The zero-order valence-electron chi connectivity index (χ0n) is 16.7. The quantitative estimate of drug-likeness (QED) is 0.585. The highest BCUT2D eigenvalue weighted by Gasteiger charge is 2.29. The molecule has 30 heavy (non-hydrogen) atoms. The van der Waals surface area contributed by atoms with Gasteiger partial charge >= 0.3 is 0 Å². The Morgan fingerprint density at radius 1 is 1.13 bits per heavy atom. The van der Waals surface area contributed by atoms with Gasteiger partial charge in [-0.05, 0) is 41.5 Å². The number of tetrazole rings is 1. The molecule has 0 bridgehead atoms. The van der Waals surface area contributed by atoms with E-state index in [2.05, 4.69) is 26.8 Å². The summed E-state index contributed by atoms with van der Waals surface area (Å²) < 4.78 is 22.1. The van der Waals surface area contributed by atoms with E-state index in [1.54, 1.807) is 18.2 Å². The molecule has 1 heterocycles. The summed E-state index contributed by atoms with van der Waals surface area (Å²) in [6, 6.07) is 13.8. The molecular weight excluding hydrogens is 381 g/mol. The van der Waals surface area contributed by atoms with Gasteiger partial charge in [0.25, 0.3) is 0 Å². The lowest BCUT2D eigenvalue weighted by Gasteiger charge is -2.26. The first-order valence-electron chi connectivity index (χ1n) is 10.2. The number of para-hydroxylation sites is 2. The van der Waals surface area contributed by atoms with E-state index in [-0.39, 0.29) is 18.5 Å². The zero-order chi connectivity index (χ0) is 20.8. The molecule has 6 nitrogen and oxygen atoms in total. The number of terminal acetylenes is 1. The minimum absolute atomic E-state index is 0.136. The normalized spacial score (nSPS) is 15.3. The lowest BCUT2D eigenvalue weighted by atomic mass is 9.95. The summed E-state index contributed by atoms with van der Waals surface area (Å²) in [5.74, 6) is 3.38. The molecule has 0 amide bonds. The predicted octanol–water partition coefficient (Wildman–Crippen LogP) is 4.53. The highest BCUT2D eigenvalue weighted by Crippen LogP contribution is 2.35. The van der Waals surface area contributed by atoms with Crippen molar-refractivity contribution in [3.8, 4) is 18.1 Å². The van der Waals surface area contributed by atoms with Crippen LogP contribution < -0.4 is 10.1 Å². The molecule has 0 spiro atoms. The molecule has 1 N–H and O–H groups in total. The highest BCUT2D eigenvalue weighted by molar-refractivity contribution is 5.51. The summed E-state index contributed by atoms with van der Waals surface area (Å²) in [4.78, 5) is 0. The van der Waals surface area contributed by atoms with Crippen molar-refractivity contribution in [3.05, 3.63) is 65.7 Å². The van der Waals surface area contributed by atoms with Crippen LogP contribution in [0.25, 0.3) is 0 Å². The number of anilines is 1. The van der Waals surface area contributed by atoms with Crippen molar-refractivity contribution < 1.29 is 9.13 Å². The summed E-state index contributed by atoms with van der Waals surface area (Å²) in [5, 5.41) is 15.9. The number of benzene rings is 2. The monoisotopic (exact) mass is 405 g/mol. The number of rotatable bonds is 7. The van der Waals surface area contributed by atoms with Gasteiger partial charge in [-0.3, -0.25) is 0 Å². The average molecular weight is 405 g/mol. The Bertz CT molecular complexity index is 1020. The topological polar surface area (TPSA) is 64.9 Å². The third-order valence-electron chi connectivity index (χ3n) is 5.41. The number of nitrogens with one attached hydrogen (secondary N) is 1. The van der Waals surface area contributed by atoms with Crippen molar-refractivity contribution in [1.29, 1.82) is 0 Å². The zero-order valence-corrected chi connectivity index (χ0v) is 16.7. The standard InChI is InChI=1S/C23H24FN5O/c1-2-16-30-21-15-9-6-12-18(21)22(25-20-14-8-7-13-19(20)24)23-26-27-28-29(23)17-10-4-3-5-11-17/h1,6-9,12-15,17,22,25H,3-5,10-11,16H2. The predicted molar refractivity (Wildman–Crippen MR) is 113 cm³/mol. The van der Waals surface area contributed by atoms with E-state index in [9.17, 15) is 4.39 Å². The Balaban J connectivity index is 1.77. The molecule has 1 aromatic heterocycles. The second-order valence-electron chi connectivity index (χ2n) is 7.36. The van der Waals surface area contributed by atoms with E-state index < -0.39 is 6.04 Å². The molecule has 4 rings (SSSR count). The molecule has 0 aliphatic heterocycles. The van der Waals surface area contributed by atoms with Crippen molar-refractivity contribution in [2.24, 2.45) is 0 Å². The van der Waals surface area contributed by atoms with Gasteiger partial charge < -0.3 is 10.1 Å². The molecule has 154 valence electrons. The van der Waals surface area contributed by atoms with E-state index in [1.165, 1.54) is 12.5 Å². The van der Waals surface area contributed by atoms with E-state index in [1.807, 2.05) is 28.9 Å². The fraction of sp³-hybridized carbons (Fsp3) is 0.348. The van der Waals surface area contributed by atoms with Crippen LogP contribution in [0.3, 0.4) is 0 Å². The summed E-state index contributed by atoms with van der Waals surface area (Å²) in [5.41, 5.74) is 1.16. The van der Waals surface area contributed by atoms with Gasteiger partial charge in [0.15, 0.2) is 5.82 Å². The van der Waals surface area contributed by atoms with Crippen LogP contribution in [0.1, 0.15) is 55.6 Å². The van der Waals surface area contributed by atoms with Crippen molar-refractivity contribution in [1.82, 2.24) is 20.2 Å². The molecule has 0 saturated heterocycles. The van der Waals surface area contributed by atoms with Crippen molar-refractivity contribution in [2.75, 3.05) is 11.9 Å². The largest absolute Gasteiger partial charge is 0.481 e. The fourth-order valence-electron chi connectivity index (χ4n) is 3.96. The number of aromatic nitrogens is 4. The molecule has 1 aliphatic rings. The third-order valence-corrected chi connectivity index (χ3v) is 5.41. The first-order chi connectivity index (χ1) is 14.8. The van der Waals surface area contributed by atoms with E-state index in [0.717, 1.165) is 31.2 Å². The van der Waals surface area contributed by atoms with Crippen LogP contribution in [0.15, 0.2) is 48.5 Å². The molecule has 3 aromatic rings. The third kappa shape index (κ3) is 4.28. The van der Waals surface area contributed by atoms with Crippen LogP contribution in [-0.2, 0) is 0 Å². The van der Waals surface area contributed by atoms with Crippen LogP contribution in [0.4, 0.5) is 10.1 Å². The highest BCUT2D eigenvalue weighted by atomic mass is 19.1. The van der Waals surface area contributed by atoms with Gasteiger partial charge in [-0.15, -0.1) is 11.5 Å². The van der Waals surface area contributed by atoms with Crippen LogP contribution in [0.2, 0.25) is 0 Å². The molecule has 1 saturated carbocycles. The average Bonchev–Trinajstić information content (AvgIpc) is 3.28. The Hall–Kier alpha value is -3.40. The number of hydrogen-bond acceptors (Lipinski definition) is 5. The fourth-order valence-corrected chi connectivity index (χ4v) is 3.96. The number of ether oxygens (including phenoxy) is 1. The SMILES string of the molecule is C#CCOc1ccccc1C(Nc1ccccc1F)c1nnnn1C1CCCCC1. The van der Waals surface area contributed by atoms with Crippen LogP contribution in [0, 0.1) is 18.2 Å². The summed E-state index contributed by atoms with van der Waals surface area (Å²) in [6.07, 6.45) is 11.0. The van der Waals surface area contributed by atoms with Gasteiger partial charge in [-0.1, -0.05) is 55.5 Å². The minimum atomic E-state index is -0.507. The second kappa shape index (κ2) is 9.40. The van der Waals surface area contributed by atoms with E-state index in [0.29, 0.717) is 17.3 Å². The maximum absolute atomic E-state index is 14.5. The summed E-state index contributed by atoms with van der Waals surface area (Å²) in [7, 11) is 0. The summed E-state index contributed by atoms with van der Waals surface area (Å²) in [6.45, 7) is 0.136. The Labute approximate surface area is 175 Å². The maximum atomic E-state index is 14.5. The van der Waals surface area contributed by atoms with Gasteiger partial charge in [0.2, 0.25) is 0 Å². The number of nitrogens with zero attached hydrogens (tertiary/aromatic N) is 4. The molecule has 1 aliphatic carbocycles. The van der Waals surface area contributed by atoms with Gasteiger partial charge in [0, 0.05) is 5.56 Å². The van der Waals surface area contributed by atoms with E-state index in [4.69, 9.17) is 11.2 Å². The van der Waals surface area contributed by atoms with E-state index >= 15 is 0 Å². The number of hydrogen-bond donors (Lipinski definition) is 1. The lowest BCUT2D eigenvalue weighted by molar-refractivity contribution is 0.314.